The van der Waals surface area contributed by atoms with Gasteiger partial charge in [0.05, 0.1) is 25.3 Å². The van der Waals surface area contributed by atoms with Crippen LogP contribution in [0, 0.1) is 0 Å². The van der Waals surface area contributed by atoms with Crippen LogP contribution >= 0.6 is 0 Å². The topological polar surface area (TPSA) is 58.6 Å². The molecule has 0 aromatic heterocycles. The fourth-order valence-corrected chi connectivity index (χ4v) is 1.55. The predicted molar refractivity (Wildman–Crippen MR) is 51.2 cm³/mol. The van der Waals surface area contributed by atoms with E-state index in [1.54, 1.807) is 25.3 Å². The first-order valence-electron chi connectivity index (χ1n) is 4.36. The molecule has 4 heteroatoms. The van der Waals surface area contributed by atoms with Crippen LogP contribution < -0.4 is 10.1 Å². The van der Waals surface area contributed by atoms with Crippen LogP contribution in [0.15, 0.2) is 18.2 Å². The molecule has 0 radical (unpaired) electrons. The zero-order valence-corrected chi connectivity index (χ0v) is 7.78. The lowest BCUT2D eigenvalue weighted by atomic mass is 10.00. The van der Waals surface area contributed by atoms with E-state index in [0.717, 1.165) is 5.56 Å². The number of nitrogens with one attached hydrogen (secondary N) is 1. The van der Waals surface area contributed by atoms with E-state index < -0.39 is 6.10 Å². The van der Waals surface area contributed by atoms with Crippen molar-refractivity contribution in [2.45, 2.75) is 12.5 Å². The number of methoxy groups -OCH3 is 1. The van der Waals surface area contributed by atoms with Crippen LogP contribution in [0.3, 0.4) is 0 Å². The third-order valence-electron chi connectivity index (χ3n) is 2.27. The summed E-state index contributed by atoms with van der Waals surface area (Å²) in [4.78, 5) is 11.1. The smallest absolute Gasteiger partial charge is 0.227 e. The molecule has 0 spiro atoms. The minimum atomic E-state index is -0.704. The molecule has 1 aliphatic heterocycles. The Bertz CT molecular complexity index is 376. The molecule has 0 aliphatic carbocycles. The largest absolute Gasteiger partial charge is 0.497 e. The average molecular weight is 193 g/mol. The number of amides is 1. The Balaban J connectivity index is 2.43. The highest BCUT2D eigenvalue weighted by Gasteiger charge is 2.23. The van der Waals surface area contributed by atoms with Crippen molar-refractivity contribution in [2.24, 2.45) is 0 Å². The maximum Gasteiger partial charge on any atom is 0.227 e. The molecule has 1 amide bonds. The third kappa shape index (κ3) is 1.44. The Morgan fingerprint density at radius 2 is 2.36 bits per heavy atom. The molecule has 1 aliphatic rings. The molecule has 1 aromatic rings. The van der Waals surface area contributed by atoms with Crippen LogP contribution in [0.25, 0.3) is 0 Å². The summed E-state index contributed by atoms with van der Waals surface area (Å²) in [7, 11) is 1.56. The van der Waals surface area contributed by atoms with Crippen LogP contribution in [-0.2, 0) is 4.79 Å². The minimum Gasteiger partial charge on any atom is -0.497 e. The highest BCUT2D eigenvalue weighted by Crippen LogP contribution is 2.32. The van der Waals surface area contributed by atoms with Crippen LogP contribution in [0.2, 0.25) is 0 Å². The Morgan fingerprint density at radius 1 is 1.57 bits per heavy atom. The second-order valence-electron chi connectivity index (χ2n) is 3.22. The first-order valence-corrected chi connectivity index (χ1v) is 4.36. The third-order valence-corrected chi connectivity index (χ3v) is 2.27. The summed E-state index contributed by atoms with van der Waals surface area (Å²) < 4.78 is 5.02. The standard InChI is InChI=1S/C10H11NO3/c1-14-6-2-3-7-8(4-6)11-10(13)5-9(7)12/h2-4,9,12H,5H2,1H3,(H,11,13). The molecule has 2 N–H and O–H groups in total. The van der Waals surface area contributed by atoms with Gasteiger partial charge >= 0.3 is 0 Å². The molecule has 2 rings (SSSR count). The second kappa shape index (κ2) is 3.31. The van der Waals surface area contributed by atoms with Crippen LogP contribution in [0.4, 0.5) is 5.69 Å². The van der Waals surface area contributed by atoms with Crippen molar-refractivity contribution in [1.29, 1.82) is 0 Å². The maximum absolute atomic E-state index is 11.1. The first-order chi connectivity index (χ1) is 6.70. The number of benzene rings is 1. The SMILES string of the molecule is COc1ccc2c(c1)NC(=O)CC2O. The highest BCUT2D eigenvalue weighted by atomic mass is 16.5. The number of carbonyl (C=O) groups is 1. The van der Waals surface area contributed by atoms with Gasteiger partial charge in [0.25, 0.3) is 0 Å². The van der Waals surface area contributed by atoms with Gasteiger partial charge in [0.1, 0.15) is 5.75 Å². The van der Waals surface area contributed by atoms with Gasteiger partial charge in [-0.2, -0.15) is 0 Å². The molecular weight excluding hydrogens is 182 g/mol. The monoisotopic (exact) mass is 193 g/mol. The summed E-state index contributed by atoms with van der Waals surface area (Å²) in [6.07, 6.45) is -0.580. The van der Waals surface area contributed by atoms with Gasteiger partial charge < -0.3 is 15.2 Å². The van der Waals surface area contributed by atoms with Crippen molar-refractivity contribution in [3.63, 3.8) is 0 Å². The van der Waals surface area contributed by atoms with Gasteiger partial charge in [-0.05, 0) is 6.07 Å². The minimum absolute atomic E-state index is 0.124. The van der Waals surface area contributed by atoms with E-state index in [4.69, 9.17) is 4.74 Å². The number of rotatable bonds is 1. The van der Waals surface area contributed by atoms with Crippen molar-refractivity contribution >= 4 is 11.6 Å². The van der Waals surface area contributed by atoms with Crippen LogP contribution in [-0.4, -0.2) is 18.1 Å². The van der Waals surface area contributed by atoms with E-state index in [2.05, 4.69) is 5.32 Å². The lowest BCUT2D eigenvalue weighted by Crippen LogP contribution is -2.22. The summed E-state index contributed by atoms with van der Waals surface area (Å²) in [5, 5.41) is 12.3. The molecule has 1 atom stereocenters. The van der Waals surface area contributed by atoms with E-state index in [1.165, 1.54) is 0 Å². The number of hydrogen-bond donors (Lipinski definition) is 2. The number of ether oxygens (including phenoxy) is 1. The number of hydrogen-bond acceptors (Lipinski definition) is 3. The Hall–Kier alpha value is -1.55. The summed E-state index contributed by atoms with van der Waals surface area (Å²) in [6, 6.07) is 5.23. The van der Waals surface area contributed by atoms with Gasteiger partial charge in [-0.25, -0.2) is 0 Å². The Kier molecular flexibility index (Phi) is 2.13. The quantitative estimate of drug-likeness (QED) is 0.701. The van der Waals surface area contributed by atoms with Gasteiger partial charge in [0.15, 0.2) is 0 Å². The van der Waals surface area contributed by atoms with Gasteiger partial charge in [-0.15, -0.1) is 0 Å². The van der Waals surface area contributed by atoms with E-state index in [9.17, 15) is 9.90 Å². The molecule has 1 heterocycles. The van der Waals surface area contributed by atoms with Crippen molar-refractivity contribution in [3.8, 4) is 5.75 Å². The lowest BCUT2D eigenvalue weighted by Gasteiger charge is -2.21. The van der Waals surface area contributed by atoms with Crippen molar-refractivity contribution in [3.05, 3.63) is 23.8 Å². The predicted octanol–water partition coefficient (Wildman–Crippen LogP) is 1.07. The van der Waals surface area contributed by atoms with Gasteiger partial charge in [0, 0.05) is 11.6 Å². The summed E-state index contributed by atoms with van der Waals surface area (Å²) in [6.45, 7) is 0. The Labute approximate surface area is 81.5 Å². The zero-order valence-electron chi connectivity index (χ0n) is 7.78. The fourth-order valence-electron chi connectivity index (χ4n) is 1.55. The summed E-state index contributed by atoms with van der Waals surface area (Å²) in [5.41, 5.74) is 1.37. The molecule has 1 unspecified atom stereocenters. The lowest BCUT2D eigenvalue weighted by molar-refractivity contribution is -0.118. The molecular formula is C10H11NO3. The molecule has 14 heavy (non-hydrogen) atoms. The van der Waals surface area contributed by atoms with E-state index in [0.29, 0.717) is 11.4 Å². The molecule has 0 saturated carbocycles. The number of carbonyl (C=O) groups excluding carboxylic acids is 1. The number of fused-ring (bicyclic) bond motifs is 1. The van der Waals surface area contributed by atoms with Crippen molar-refractivity contribution < 1.29 is 14.6 Å². The van der Waals surface area contributed by atoms with Gasteiger partial charge in [-0.3, -0.25) is 4.79 Å². The number of aliphatic hydroxyl groups is 1. The van der Waals surface area contributed by atoms with E-state index >= 15 is 0 Å². The molecule has 74 valence electrons. The number of aliphatic hydroxyl groups excluding tert-OH is 1. The number of anilines is 1. The first kappa shape index (κ1) is 9.02. The van der Waals surface area contributed by atoms with Crippen molar-refractivity contribution in [2.75, 3.05) is 12.4 Å². The van der Waals surface area contributed by atoms with Gasteiger partial charge in [0.2, 0.25) is 5.91 Å². The van der Waals surface area contributed by atoms with Crippen molar-refractivity contribution in [1.82, 2.24) is 0 Å². The molecule has 0 saturated heterocycles. The second-order valence-corrected chi connectivity index (χ2v) is 3.22. The molecule has 0 fully saturated rings. The maximum atomic E-state index is 11.1. The van der Waals surface area contributed by atoms with Crippen LogP contribution in [0.1, 0.15) is 18.1 Å². The van der Waals surface area contributed by atoms with E-state index in [1.807, 2.05) is 0 Å². The van der Waals surface area contributed by atoms with Gasteiger partial charge in [-0.1, -0.05) is 6.07 Å². The molecule has 0 bridgehead atoms. The normalized spacial score (nSPS) is 19.9. The highest BCUT2D eigenvalue weighted by molar-refractivity contribution is 5.94. The summed E-state index contributed by atoms with van der Waals surface area (Å²) in [5.74, 6) is 0.497. The average Bonchev–Trinajstić information content (AvgIpc) is 2.16. The van der Waals surface area contributed by atoms with Crippen LogP contribution in [0.5, 0.6) is 5.75 Å². The zero-order chi connectivity index (χ0) is 10.1. The summed E-state index contributed by atoms with van der Waals surface area (Å²) >= 11 is 0. The Morgan fingerprint density at radius 3 is 3.07 bits per heavy atom. The molecule has 4 nitrogen and oxygen atoms in total. The van der Waals surface area contributed by atoms with E-state index in [-0.39, 0.29) is 12.3 Å². The molecule has 1 aromatic carbocycles. The fraction of sp³-hybridized carbons (Fsp3) is 0.300.